The first-order valence-corrected chi connectivity index (χ1v) is 7.61. The van der Waals surface area contributed by atoms with E-state index >= 15 is 0 Å². The maximum Gasteiger partial charge on any atom is 0.0976 e. The van der Waals surface area contributed by atoms with Gasteiger partial charge in [0.15, 0.2) is 0 Å². The second-order valence-corrected chi connectivity index (χ2v) is 6.93. The third-order valence-corrected chi connectivity index (χ3v) is 4.95. The predicted molar refractivity (Wildman–Crippen MR) is 81.1 cm³/mol. The van der Waals surface area contributed by atoms with Crippen LogP contribution in [0.1, 0.15) is 63.7 Å². The van der Waals surface area contributed by atoms with Crippen LogP contribution in [-0.4, -0.2) is 5.11 Å². The van der Waals surface area contributed by atoms with Crippen molar-refractivity contribution < 1.29 is 5.11 Å². The molecule has 0 aliphatic heterocycles. The van der Waals surface area contributed by atoms with Crippen molar-refractivity contribution in [3.05, 3.63) is 35.4 Å². The number of aryl methyl sites for hydroxylation is 1. The van der Waals surface area contributed by atoms with E-state index in [9.17, 15) is 10.4 Å². The number of nitrogens with zero attached hydrogens (tertiary/aromatic N) is 1. The minimum atomic E-state index is -0.672. The molecule has 1 N–H and O–H groups in total. The summed E-state index contributed by atoms with van der Waals surface area (Å²) in [5.41, 5.74) is 1.83. The van der Waals surface area contributed by atoms with Gasteiger partial charge in [-0.2, -0.15) is 5.26 Å². The Hall–Kier alpha value is -1.33. The molecule has 0 amide bonds. The summed E-state index contributed by atoms with van der Waals surface area (Å²) >= 11 is 0. The molecular formula is C18H25NO. The van der Waals surface area contributed by atoms with Gasteiger partial charge in [0.05, 0.1) is 17.6 Å². The molecule has 1 aromatic carbocycles. The summed E-state index contributed by atoms with van der Waals surface area (Å²) in [7, 11) is 0. The van der Waals surface area contributed by atoms with Crippen molar-refractivity contribution in [3.8, 4) is 6.07 Å². The van der Waals surface area contributed by atoms with Crippen molar-refractivity contribution in [1.29, 1.82) is 5.26 Å². The molecule has 2 rings (SSSR count). The van der Waals surface area contributed by atoms with E-state index in [4.69, 9.17) is 0 Å². The summed E-state index contributed by atoms with van der Waals surface area (Å²) in [4.78, 5) is 0. The summed E-state index contributed by atoms with van der Waals surface area (Å²) < 4.78 is 0. The SMILES string of the molecule is CCc1ccc(C(O)C2(C#N)CCC(C)(C)CC2)cc1. The first kappa shape index (κ1) is 15.1. The molecule has 1 atom stereocenters. The van der Waals surface area contributed by atoms with Gasteiger partial charge >= 0.3 is 0 Å². The van der Waals surface area contributed by atoms with Gasteiger partial charge < -0.3 is 5.11 Å². The number of benzene rings is 1. The van der Waals surface area contributed by atoms with Crippen molar-refractivity contribution in [2.45, 2.75) is 59.0 Å². The Balaban J connectivity index is 2.21. The van der Waals surface area contributed by atoms with Gasteiger partial charge in [-0.1, -0.05) is 45.0 Å². The van der Waals surface area contributed by atoms with Crippen LogP contribution in [0.5, 0.6) is 0 Å². The van der Waals surface area contributed by atoms with Gasteiger partial charge in [0.25, 0.3) is 0 Å². The highest BCUT2D eigenvalue weighted by atomic mass is 16.3. The van der Waals surface area contributed by atoms with E-state index < -0.39 is 11.5 Å². The largest absolute Gasteiger partial charge is 0.387 e. The lowest BCUT2D eigenvalue weighted by Crippen LogP contribution is -2.35. The van der Waals surface area contributed by atoms with Crippen LogP contribution in [-0.2, 0) is 6.42 Å². The average Bonchev–Trinajstić information content (AvgIpc) is 2.47. The minimum Gasteiger partial charge on any atom is -0.387 e. The maximum absolute atomic E-state index is 10.7. The first-order chi connectivity index (χ1) is 9.42. The number of rotatable bonds is 3. The molecule has 0 radical (unpaired) electrons. The lowest BCUT2D eigenvalue weighted by molar-refractivity contribution is 0.00955. The number of hydrogen-bond donors (Lipinski definition) is 1. The van der Waals surface area contributed by atoms with Crippen LogP contribution in [0.15, 0.2) is 24.3 Å². The Morgan fingerprint density at radius 1 is 1.15 bits per heavy atom. The fourth-order valence-corrected chi connectivity index (χ4v) is 3.07. The third kappa shape index (κ3) is 2.88. The van der Waals surface area contributed by atoms with Crippen molar-refractivity contribution >= 4 is 0 Å². The molecule has 0 bridgehead atoms. The van der Waals surface area contributed by atoms with Crippen molar-refractivity contribution in [1.82, 2.24) is 0 Å². The Bertz CT molecular complexity index is 485. The zero-order valence-electron chi connectivity index (χ0n) is 12.8. The highest BCUT2D eigenvalue weighted by Crippen LogP contribution is 2.50. The number of aliphatic hydroxyl groups excluding tert-OH is 1. The standard InChI is InChI=1S/C18H25NO/c1-4-14-5-7-15(8-6-14)16(20)18(13-19)11-9-17(2,3)10-12-18/h5-8,16,20H,4,9-12H2,1-3H3. The molecule has 20 heavy (non-hydrogen) atoms. The molecule has 2 nitrogen and oxygen atoms in total. The lowest BCUT2D eigenvalue weighted by Gasteiger charge is -2.42. The summed E-state index contributed by atoms with van der Waals surface area (Å²) in [5, 5.41) is 20.3. The monoisotopic (exact) mass is 271 g/mol. The summed E-state index contributed by atoms with van der Waals surface area (Å²) in [5.74, 6) is 0. The quantitative estimate of drug-likeness (QED) is 0.886. The van der Waals surface area contributed by atoms with E-state index in [0.29, 0.717) is 5.41 Å². The normalized spacial score (nSPS) is 21.9. The van der Waals surface area contributed by atoms with Crippen molar-refractivity contribution in [2.75, 3.05) is 0 Å². The predicted octanol–water partition coefficient (Wildman–Crippen LogP) is 4.39. The zero-order chi connectivity index (χ0) is 14.8. The molecule has 1 aliphatic carbocycles. The summed E-state index contributed by atoms with van der Waals surface area (Å²) in [6, 6.07) is 10.5. The van der Waals surface area contributed by atoms with Crippen molar-refractivity contribution in [2.24, 2.45) is 10.8 Å². The Morgan fingerprint density at radius 2 is 1.70 bits per heavy atom. The molecule has 1 unspecified atom stereocenters. The zero-order valence-corrected chi connectivity index (χ0v) is 12.8. The molecule has 1 aromatic rings. The second-order valence-electron chi connectivity index (χ2n) is 6.93. The third-order valence-electron chi connectivity index (χ3n) is 4.95. The van der Waals surface area contributed by atoms with Crippen LogP contribution in [0.2, 0.25) is 0 Å². The van der Waals surface area contributed by atoms with Crippen LogP contribution < -0.4 is 0 Å². The molecule has 0 saturated heterocycles. The van der Waals surface area contributed by atoms with Gasteiger partial charge in [-0.3, -0.25) is 0 Å². The highest BCUT2D eigenvalue weighted by molar-refractivity contribution is 5.27. The van der Waals surface area contributed by atoms with Gasteiger partial charge in [0, 0.05) is 0 Å². The summed E-state index contributed by atoms with van der Waals surface area (Å²) in [6.45, 7) is 6.61. The molecular weight excluding hydrogens is 246 g/mol. The van der Waals surface area contributed by atoms with Gasteiger partial charge in [-0.15, -0.1) is 0 Å². The molecule has 0 heterocycles. The molecule has 1 aliphatic rings. The van der Waals surface area contributed by atoms with E-state index in [1.54, 1.807) is 0 Å². The fraction of sp³-hybridized carbons (Fsp3) is 0.611. The molecule has 2 heteroatoms. The van der Waals surface area contributed by atoms with E-state index in [-0.39, 0.29) is 0 Å². The molecule has 1 fully saturated rings. The van der Waals surface area contributed by atoms with Crippen LogP contribution in [0.3, 0.4) is 0 Å². The first-order valence-electron chi connectivity index (χ1n) is 7.61. The Morgan fingerprint density at radius 3 is 2.15 bits per heavy atom. The topological polar surface area (TPSA) is 44.0 Å². The van der Waals surface area contributed by atoms with Crippen LogP contribution >= 0.6 is 0 Å². The van der Waals surface area contributed by atoms with E-state index in [0.717, 1.165) is 37.7 Å². The summed E-state index contributed by atoms with van der Waals surface area (Å²) in [6.07, 6.45) is 3.90. The molecule has 0 aromatic heterocycles. The fourth-order valence-electron chi connectivity index (χ4n) is 3.07. The number of hydrogen-bond acceptors (Lipinski definition) is 2. The Kier molecular flexibility index (Phi) is 4.20. The molecule has 1 saturated carbocycles. The van der Waals surface area contributed by atoms with Gasteiger partial charge in [0.1, 0.15) is 0 Å². The minimum absolute atomic E-state index is 0.298. The smallest absolute Gasteiger partial charge is 0.0976 e. The van der Waals surface area contributed by atoms with Crippen LogP contribution in [0, 0.1) is 22.2 Å². The van der Waals surface area contributed by atoms with Crippen LogP contribution in [0.4, 0.5) is 0 Å². The molecule has 108 valence electrons. The Labute approximate surface area is 122 Å². The van der Waals surface area contributed by atoms with E-state index in [1.165, 1.54) is 5.56 Å². The molecule has 0 spiro atoms. The maximum atomic E-state index is 10.7. The number of nitriles is 1. The van der Waals surface area contributed by atoms with Crippen molar-refractivity contribution in [3.63, 3.8) is 0 Å². The van der Waals surface area contributed by atoms with Gasteiger partial charge in [0.2, 0.25) is 0 Å². The van der Waals surface area contributed by atoms with Gasteiger partial charge in [-0.05, 0) is 48.6 Å². The lowest BCUT2D eigenvalue weighted by atomic mass is 9.62. The van der Waals surface area contributed by atoms with Gasteiger partial charge in [-0.25, -0.2) is 0 Å². The second kappa shape index (κ2) is 5.58. The van der Waals surface area contributed by atoms with E-state index in [1.807, 2.05) is 12.1 Å². The average molecular weight is 271 g/mol. The van der Waals surface area contributed by atoms with E-state index in [2.05, 4.69) is 39.0 Å². The number of aliphatic hydroxyl groups is 1. The van der Waals surface area contributed by atoms with Crippen LogP contribution in [0.25, 0.3) is 0 Å². The highest BCUT2D eigenvalue weighted by Gasteiger charge is 2.44.